The van der Waals surface area contributed by atoms with Gasteiger partial charge in [-0.3, -0.25) is 0 Å². The summed E-state index contributed by atoms with van der Waals surface area (Å²) in [5, 5.41) is 0. The topological polar surface area (TPSA) is 80.3 Å². The third-order valence-corrected chi connectivity index (χ3v) is 3.60. The second kappa shape index (κ2) is 5.76. The minimum atomic E-state index is -1.08. The van der Waals surface area contributed by atoms with Gasteiger partial charge in [0.05, 0.1) is 12.2 Å². The Hall–Kier alpha value is -2.02. The lowest BCUT2D eigenvalue weighted by molar-refractivity contribution is -0.236. The van der Waals surface area contributed by atoms with Gasteiger partial charge in [-0.2, -0.15) is 0 Å². The molecule has 140 valence electrons. The van der Waals surface area contributed by atoms with E-state index in [0.717, 1.165) is 0 Å². The van der Waals surface area contributed by atoms with Crippen LogP contribution in [0, 0.1) is 0 Å². The van der Waals surface area contributed by atoms with Crippen molar-refractivity contribution in [3.63, 3.8) is 0 Å². The predicted octanol–water partition coefficient (Wildman–Crippen LogP) is 2.95. The summed E-state index contributed by atoms with van der Waals surface area (Å²) in [7, 11) is 0. The molecule has 0 fully saturated rings. The summed E-state index contributed by atoms with van der Waals surface area (Å²) in [6.45, 7) is 13.6. The van der Waals surface area contributed by atoms with Gasteiger partial charge in [0, 0.05) is 27.7 Å². The van der Waals surface area contributed by atoms with E-state index in [1.807, 2.05) is 0 Å². The Labute approximate surface area is 147 Å². The van der Waals surface area contributed by atoms with Gasteiger partial charge in [0.25, 0.3) is 0 Å². The van der Waals surface area contributed by atoms with E-state index in [0.29, 0.717) is 11.5 Å². The SMILES string of the molecule is CC1(C)OC(=O)C=C(C(C)(C)OC(C)(C)C2=CC(=O)OC(C)(C)O2)O1. The molecule has 0 aromatic heterocycles. The number of cyclic esters (lactones) is 2. The minimum Gasteiger partial charge on any atom is -0.454 e. The summed E-state index contributed by atoms with van der Waals surface area (Å²) in [6.07, 6.45) is 2.52. The van der Waals surface area contributed by atoms with Crippen molar-refractivity contribution in [2.75, 3.05) is 0 Å². The van der Waals surface area contributed by atoms with Gasteiger partial charge in [0.15, 0.2) is 0 Å². The van der Waals surface area contributed by atoms with Crippen LogP contribution in [0.15, 0.2) is 23.7 Å². The molecule has 0 spiro atoms. The lowest BCUT2D eigenvalue weighted by Crippen LogP contribution is -2.47. The Morgan fingerprint density at radius 2 is 1.04 bits per heavy atom. The van der Waals surface area contributed by atoms with Gasteiger partial charge in [-0.1, -0.05) is 0 Å². The molecule has 2 aliphatic heterocycles. The van der Waals surface area contributed by atoms with Crippen LogP contribution in [0.25, 0.3) is 0 Å². The van der Waals surface area contributed by atoms with E-state index in [4.69, 9.17) is 23.7 Å². The number of carbonyl (C=O) groups is 2. The van der Waals surface area contributed by atoms with Crippen LogP contribution >= 0.6 is 0 Å². The lowest BCUT2D eigenvalue weighted by Gasteiger charge is -2.43. The molecule has 25 heavy (non-hydrogen) atoms. The molecule has 0 unspecified atom stereocenters. The highest BCUT2D eigenvalue weighted by Crippen LogP contribution is 2.38. The molecule has 0 aliphatic carbocycles. The van der Waals surface area contributed by atoms with Crippen LogP contribution in [0.5, 0.6) is 0 Å². The molecule has 2 rings (SSSR count). The fraction of sp³-hybridized carbons (Fsp3) is 0.667. The maximum Gasteiger partial charge on any atom is 0.337 e. The molecule has 0 amide bonds. The largest absolute Gasteiger partial charge is 0.454 e. The fourth-order valence-corrected chi connectivity index (χ4v) is 2.72. The highest BCUT2D eigenvalue weighted by Gasteiger charge is 2.44. The van der Waals surface area contributed by atoms with Crippen molar-refractivity contribution in [1.29, 1.82) is 0 Å². The third kappa shape index (κ3) is 4.54. The van der Waals surface area contributed by atoms with Crippen molar-refractivity contribution < 1.29 is 33.3 Å². The Bertz CT molecular complexity index is 594. The quantitative estimate of drug-likeness (QED) is 0.718. The predicted molar refractivity (Wildman–Crippen MR) is 87.9 cm³/mol. The molecule has 0 bridgehead atoms. The zero-order chi connectivity index (χ0) is 19.3. The van der Waals surface area contributed by atoms with E-state index in [1.165, 1.54) is 12.2 Å². The van der Waals surface area contributed by atoms with Gasteiger partial charge in [0.1, 0.15) is 22.7 Å². The first-order chi connectivity index (χ1) is 11.1. The summed E-state index contributed by atoms with van der Waals surface area (Å²) in [5.74, 6) is -2.51. The average Bonchev–Trinajstić information content (AvgIpc) is 2.32. The fourth-order valence-electron chi connectivity index (χ4n) is 2.72. The molecule has 0 N–H and O–H groups in total. The van der Waals surface area contributed by atoms with Gasteiger partial charge in [0.2, 0.25) is 11.6 Å². The maximum absolute atomic E-state index is 11.8. The average molecular weight is 354 g/mol. The van der Waals surface area contributed by atoms with Crippen LogP contribution in [0.3, 0.4) is 0 Å². The first-order valence-electron chi connectivity index (χ1n) is 8.10. The molecule has 0 saturated heterocycles. The lowest BCUT2D eigenvalue weighted by atomic mass is 9.99. The molecular weight excluding hydrogens is 328 g/mol. The van der Waals surface area contributed by atoms with Crippen LogP contribution < -0.4 is 0 Å². The molecule has 0 aromatic carbocycles. The van der Waals surface area contributed by atoms with E-state index in [-0.39, 0.29) is 0 Å². The Morgan fingerprint density at radius 3 is 1.32 bits per heavy atom. The van der Waals surface area contributed by atoms with Crippen LogP contribution in [0.4, 0.5) is 0 Å². The number of esters is 2. The zero-order valence-corrected chi connectivity index (χ0v) is 16.0. The number of rotatable bonds is 4. The van der Waals surface area contributed by atoms with Gasteiger partial charge in [-0.15, -0.1) is 0 Å². The van der Waals surface area contributed by atoms with Gasteiger partial charge in [-0.25, -0.2) is 9.59 Å². The summed E-state index contributed by atoms with van der Waals surface area (Å²) < 4.78 is 27.9. The van der Waals surface area contributed by atoms with Crippen molar-refractivity contribution >= 4 is 11.9 Å². The van der Waals surface area contributed by atoms with Crippen LogP contribution in [-0.2, 0) is 33.3 Å². The summed E-state index contributed by atoms with van der Waals surface area (Å²) in [4.78, 5) is 23.6. The van der Waals surface area contributed by atoms with Crippen molar-refractivity contribution in [2.45, 2.75) is 78.2 Å². The smallest absolute Gasteiger partial charge is 0.337 e. The first-order valence-corrected chi connectivity index (χ1v) is 8.10. The second-order valence-electron chi connectivity index (χ2n) is 7.99. The van der Waals surface area contributed by atoms with Crippen LogP contribution in [0.1, 0.15) is 55.4 Å². The van der Waals surface area contributed by atoms with E-state index in [9.17, 15) is 9.59 Å². The molecule has 0 saturated carbocycles. The van der Waals surface area contributed by atoms with Crippen LogP contribution in [0.2, 0.25) is 0 Å². The van der Waals surface area contributed by atoms with E-state index < -0.39 is 34.7 Å². The zero-order valence-electron chi connectivity index (χ0n) is 16.0. The Kier molecular flexibility index (Phi) is 4.45. The van der Waals surface area contributed by atoms with Crippen molar-refractivity contribution in [3.8, 4) is 0 Å². The van der Waals surface area contributed by atoms with E-state index in [1.54, 1.807) is 55.4 Å². The minimum absolute atomic E-state index is 0.333. The monoisotopic (exact) mass is 354 g/mol. The number of ether oxygens (including phenoxy) is 5. The third-order valence-electron chi connectivity index (χ3n) is 3.60. The molecule has 2 aliphatic rings. The number of hydrogen-bond donors (Lipinski definition) is 0. The molecule has 2 heterocycles. The standard InChI is InChI=1S/C18H26O7/c1-15(2,11-9-13(19)23-17(5,6)21-11)25-16(3,4)12-10-14(20)24-18(7,8)22-12/h9-10H,1-8H3. The van der Waals surface area contributed by atoms with Crippen molar-refractivity contribution in [2.24, 2.45) is 0 Å². The molecule has 0 atom stereocenters. The first kappa shape index (κ1) is 19.3. The van der Waals surface area contributed by atoms with E-state index >= 15 is 0 Å². The van der Waals surface area contributed by atoms with Gasteiger partial charge in [-0.05, 0) is 27.7 Å². The Balaban J connectivity index is 2.27. The maximum atomic E-state index is 11.8. The summed E-state index contributed by atoms with van der Waals surface area (Å²) >= 11 is 0. The van der Waals surface area contributed by atoms with E-state index in [2.05, 4.69) is 0 Å². The van der Waals surface area contributed by atoms with Crippen LogP contribution in [-0.4, -0.2) is 34.7 Å². The van der Waals surface area contributed by atoms with Crippen molar-refractivity contribution in [1.82, 2.24) is 0 Å². The van der Waals surface area contributed by atoms with Gasteiger partial charge < -0.3 is 23.7 Å². The molecule has 7 nitrogen and oxygen atoms in total. The highest BCUT2D eigenvalue weighted by molar-refractivity contribution is 5.84. The molecule has 0 aromatic rings. The molecular formula is C18H26O7. The van der Waals surface area contributed by atoms with Gasteiger partial charge >= 0.3 is 11.9 Å². The molecule has 7 heteroatoms. The van der Waals surface area contributed by atoms with Crippen molar-refractivity contribution in [3.05, 3.63) is 23.7 Å². The summed E-state index contributed by atoms with van der Waals surface area (Å²) in [6, 6.07) is 0. The Morgan fingerprint density at radius 1 is 0.720 bits per heavy atom. The second-order valence-corrected chi connectivity index (χ2v) is 7.99. The molecule has 0 radical (unpaired) electrons. The number of carbonyl (C=O) groups excluding carboxylic acids is 2. The summed E-state index contributed by atoms with van der Waals surface area (Å²) in [5.41, 5.74) is -1.95. The normalized spacial score (nSPS) is 22.7. The number of hydrogen-bond acceptors (Lipinski definition) is 7. The highest BCUT2D eigenvalue weighted by atomic mass is 16.7.